The second-order valence-electron chi connectivity index (χ2n) is 25.7. The summed E-state index contributed by atoms with van der Waals surface area (Å²) in [5.41, 5.74) is 13.8. The lowest BCUT2D eigenvalue weighted by molar-refractivity contribution is -0.140. The van der Waals surface area contributed by atoms with Gasteiger partial charge in [0.2, 0.25) is 0 Å². The Hall–Kier alpha value is -7.61. The van der Waals surface area contributed by atoms with E-state index in [1.807, 2.05) is 0 Å². The van der Waals surface area contributed by atoms with Crippen molar-refractivity contribution in [3.8, 4) is 23.0 Å². The van der Waals surface area contributed by atoms with Crippen molar-refractivity contribution in [3.63, 3.8) is 0 Å². The van der Waals surface area contributed by atoms with Gasteiger partial charge in [-0.05, 0) is 146 Å². The Labute approximate surface area is 575 Å². The third-order valence-electron chi connectivity index (χ3n) is 16.8. The molecule has 0 heterocycles. The van der Waals surface area contributed by atoms with E-state index in [4.69, 9.17) is 42.6 Å². The lowest BCUT2D eigenvalue weighted by atomic mass is 9.87. The van der Waals surface area contributed by atoms with Crippen molar-refractivity contribution in [1.82, 2.24) is 0 Å². The van der Waals surface area contributed by atoms with Gasteiger partial charge in [-0.1, -0.05) is 173 Å². The second kappa shape index (κ2) is 45.0. The first kappa shape index (κ1) is 79.1. The number of esters is 5. The number of benzene rings is 4. The van der Waals surface area contributed by atoms with Crippen molar-refractivity contribution in [2.24, 2.45) is 0 Å². The van der Waals surface area contributed by atoms with Crippen molar-refractivity contribution in [2.75, 3.05) is 59.5 Å². The maximum Gasteiger partial charge on any atom is 0.333 e. The molecule has 0 aliphatic heterocycles. The molecule has 0 aromatic heterocycles. The number of aryl methyl sites for hydroxylation is 4. The minimum atomic E-state index is -0.654. The van der Waals surface area contributed by atoms with Crippen molar-refractivity contribution >= 4 is 29.8 Å². The van der Waals surface area contributed by atoms with Gasteiger partial charge in [0.05, 0.1) is 59.5 Å². The fourth-order valence-electron chi connectivity index (χ4n) is 11.9. The predicted octanol–water partition coefficient (Wildman–Crippen LogP) is 18.0. The van der Waals surface area contributed by atoms with Gasteiger partial charge < -0.3 is 42.6 Å². The molecule has 14 nitrogen and oxygen atoms in total. The highest BCUT2D eigenvalue weighted by Crippen LogP contribution is 2.42. The average molecular weight is 1320 g/mol. The van der Waals surface area contributed by atoms with E-state index in [1.165, 1.54) is 22.3 Å². The summed E-state index contributed by atoms with van der Waals surface area (Å²) < 4.78 is 56.1. The molecule has 96 heavy (non-hydrogen) atoms. The van der Waals surface area contributed by atoms with Crippen LogP contribution < -0.4 is 18.9 Å². The smallest absolute Gasteiger partial charge is 0.333 e. The molecule has 4 aromatic carbocycles. The Bertz CT molecular complexity index is 3030. The molecule has 0 saturated heterocycles. The summed E-state index contributed by atoms with van der Waals surface area (Å²) >= 11 is 0. The number of unbranched alkanes of at least 4 members (excludes halogenated alkanes) is 12. The quantitative estimate of drug-likeness (QED) is 0.0156. The van der Waals surface area contributed by atoms with Crippen LogP contribution in [0.2, 0.25) is 0 Å². The van der Waals surface area contributed by atoms with Crippen LogP contribution in [0.25, 0.3) is 0 Å². The van der Waals surface area contributed by atoms with Gasteiger partial charge in [0, 0.05) is 80.2 Å². The monoisotopic (exact) mass is 1320 g/mol. The van der Waals surface area contributed by atoms with Crippen LogP contribution in [-0.4, -0.2) is 89.3 Å². The van der Waals surface area contributed by atoms with E-state index in [9.17, 15) is 24.0 Å². The summed E-state index contributed by atoms with van der Waals surface area (Å²) in [5.74, 6) is 0.401. The molecule has 4 aromatic rings. The van der Waals surface area contributed by atoms with Crippen LogP contribution in [0.1, 0.15) is 251 Å². The Morgan fingerprint density at radius 1 is 0.312 bits per heavy atom. The Morgan fingerprint density at radius 3 is 0.760 bits per heavy atom. The van der Waals surface area contributed by atoms with E-state index < -0.39 is 29.8 Å². The highest BCUT2D eigenvalue weighted by Gasteiger charge is 2.26. The molecule has 0 saturated carbocycles. The van der Waals surface area contributed by atoms with Crippen molar-refractivity contribution in [1.29, 1.82) is 0 Å². The van der Waals surface area contributed by atoms with Crippen molar-refractivity contribution < 1.29 is 66.6 Å². The van der Waals surface area contributed by atoms with Crippen LogP contribution in [0.4, 0.5) is 0 Å². The molecule has 0 unspecified atom stereocenters. The van der Waals surface area contributed by atoms with E-state index in [0.717, 1.165) is 208 Å². The minimum absolute atomic E-state index is 0.0488. The van der Waals surface area contributed by atoms with E-state index in [0.29, 0.717) is 68.1 Å². The molecule has 0 atom stereocenters. The Morgan fingerprint density at radius 2 is 0.542 bits per heavy atom. The zero-order valence-electron chi connectivity index (χ0n) is 59.8. The summed E-state index contributed by atoms with van der Waals surface area (Å²) in [4.78, 5) is 62.9. The lowest BCUT2D eigenvalue weighted by Crippen LogP contribution is -2.14. The highest BCUT2D eigenvalue weighted by molar-refractivity contribution is 5.91. The van der Waals surface area contributed by atoms with Crippen molar-refractivity contribution in [3.05, 3.63) is 164 Å². The molecule has 0 fully saturated rings. The van der Waals surface area contributed by atoms with Gasteiger partial charge in [-0.25, -0.2) is 24.0 Å². The van der Waals surface area contributed by atoms with Gasteiger partial charge in [0.1, 0.15) is 23.0 Å². The van der Waals surface area contributed by atoms with Gasteiger partial charge in [0.15, 0.2) is 0 Å². The summed E-state index contributed by atoms with van der Waals surface area (Å²) in [7, 11) is 0. The molecule has 0 radical (unpaired) electrons. The molecular formula is C82H114O14. The number of fused-ring (bicyclic) bond motifs is 8. The predicted molar refractivity (Wildman–Crippen MR) is 383 cm³/mol. The Balaban J connectivity index is 1.90. The van der Waals surface area contributed by atoms with Crippen LogP contribution in [-0.2, 0) is 99.0 Å². The Kier molecular flexibility index (Phi) is 37.1. The summed E-state index contributed by atoms with van der Waals surface area (Å²) in [6.45, 7) is 28.7. The maximum absolute atomic E-state index is 12.9. The number of carbonyl (C=O) groups excluding carboxylic acids is 5. The van der Waals surface area contributed by atoms with Crippen LogP contribution >= 0.6 is 0 Å². The molecule has 0 amide bonds. The molecule has 14 heteroatoms. The molecule has 8 bridgehead atoms. The minimum Gasteiger partial charge on any atom is -0.493 e. The van der Waals surface area contributed by atoms with Gasteiger partial charge in [-0.15, -0.1) is 0 Å². The fourth-order valence-corrected chi connectivity index (χ4v) is 11.9. The third-order valence-corrected chi connectivity index (χ3v) is 16.8. The number of ether oxygens (including phenoxy) is 9. The number of rotatable bonds is 46. The van der Waals surface area contributed by atoms with Gasteiger partial charge >= 0.3 is 29.8 Å². The third kappa shape index (κ3) is 28.6. The number of carbonyl (C=O) groups is 5. The molecule has 0 N–H and O–H groups in total. The normalized spacial score (nSPS) is 11.8. The highest BCUT2D eigenvalue weighted by atomic mass is 16.6. The van der Waals surface area contributed by atoms with Gasteiger partial charge in [-0.3, -0.25) is 0 Å². The average Bonchev–Trinajstić information content (AvgIpc) is 0.779. The van der Waals surface area contributed by atoms with E-state index in [2.05, 4.69) is 96.0 Å². The lowest BCUT2D eigenvalue weighted by Gasteiger charge is -2.25. The standard InChI is InChI=1S/C82H114O14/c1-12-17-21-25-33-62-47-66-55-68-49-63(34-26-22-18-13-2)51-70(77(68)91-41-30-44-94-80(85)59(6)7)57-72-53-65(36-28-24-20-15-4)54-73(79(72)93-43-32-46-96-82(87)61(10)11)58-71-52-64(35-27-23-19-14-3)50-69(78(71)92-42-31-45-95-81(86)60(8)9)56-67(48-62)76(66)90-40-29-39-89-75(84)38-37-74(83)88-16-5/h37-38,47-54H,6,8,10,12-36,39-46,55-58H2,1-5,7,9,11H3/b38-37-. The number of hydrogen-bond acceptors (Lipinski definition) is 14. The van der Waals surface area contributed by atoms with Crippen LogP contribution in [0.3, 0.4) is 0 Å². The van der Waals surface area contributed by atoms with Crippen molar-refractivity contribution in [2.45, 2.75) is 235 Å². The largest absolute Gasteiger partial charge is 0.493 e. The molecular weight excluding hydrogens is 1210 g/mol. The molecule has 1 aliphatic rings. The second-order valence-corrected chi connectivity index (χ2v) is 25.7. The number of hydrogen-bond donors (Lipinski definition) is 0. The first-order valence-electron chi connectivity index (χ1n) is 36.1. The summed E-state index contributed by atoms with van der Waals surface area (Å²) in [6, 6.07) is 18.6. The first-order chi connectivity index (χ1) is 46.5. The van der Waals surface area contributed by atoms with E-state index in [1.54, 1.807) is 27.7 Å². The topological polar surface area (TPSA) is 168 Å². The maximum atomic E-state index is 12.9. The zero-order valence-corrected chi connectivity index (χ0v) is 59.8. The summed E-state index contributed by atoms with van der Waals surface area (Å²) in [5, 5.41) is 0. The molecule has 1 aliphatic carbocycles. The van der Waals surface area contributed by atoms with Gasteiger partial charge in [0.25, 0.3) is 0 Å². The first-order valence-corrected chi connectivity index (χ1v) is 36.1. The van der Waals surface area contributed by atoms with Gasteiger partial charge in [-0.2, -0.15) is 0 Å². The fraction of sp³-hybridized carbons (Fsp3) is 0.549. The van der Waals surface area contributed by atoms with Crippen LogP contribution in [0.15, 0.2) is 97.1 Å². The van der Waals surface area contributed by atoms with Crippen LogP contribution in [0, 0.1) is 0 Å². The molecule has 0 spiro atoms. The van der Waals surface area contributed by atoms with E-state index >= 15 is 0 Å². The van der Waals surface area contributed by atoms with Crippen LogP contribution in [0.5, 0.6) is 23.0 Å². The summed E-state index contributed by atoms with van der Waals surface area (Å²) in [6.07, 6.45) is 26.5. The molecule has 526 valence electrons. The zero-order chi connectivity index (χ0) is 69.5. The van der Waals surface area contributed by atoms with E-state index in [-0.39, 0.29) is 59.5 Å². The molecule has 5 rings (SSSR count). The SMILES string of the molecule is C=C(C)C(=O)OCCCOc1c2cc(CCCCCC)cc1Cc1cc(CCCCCC)cc(c1OCCCOC(=O)C(=C)C)Cc1cc(CCCCCC)cc(c1OCCCOC(=O)C(=C)C)Cc1cc(CCCCCC)cc(c1OCCCOC(=O)/C=C\C(=O)OCC)C2.